The minimum Gasteiger partial charge on any atom is -0.478 e. The Kier molecular flexibility index (Phi) is 6.87. The second-order valence-electron chi connectivity index (χ2n) is 4.36. The Morgan fingerprint density at radius 1 is 1.37 bits per heavy atom. The zero-order valence-electron chi connectivity index (χ0n) is 11.4. The van der Waals surface area contributed by atoms with Crippen LogP contribution in [0.25, 0.3) is 0 Å². The van der Waals surface area contributed by atoms with Crippen LogP contribution in [0.1, 0.15) is 30.6 Å². The maximum Gasteiger partial charge on any atom is 0.337 e. The summed E-state index contributed by atoms with van der Waals surface area (Å²) in [6.45, 7) is 8.03. The molecular weight excluding hydrogens is 308 g/mol. The van der Waals surface area contributed by atoms with E-state index in [1.807, 2.05) is 0 Å². The molecule has 0 radical (unpaired) electrons. The predicted molar refractivity (Wildman–Crippen MR) is 82.0 cm³/mol. The quantitative estimate of drug-likeness (QED) is 0.768. The molecule has 19 heavy (non-hydrogen) atoms. The first kappa shape index (κ1) is 16.0. The lowest BCUT2D eigenvalue weighted by Crippen LogP contribution is -2.29. The number of hydrogen-bond acceptors (Lipinski definition) is 3. The monoisotopic (exact) mass is 328 g/mol. The number of hydrogen-bond donors (Lipinski definition) is 2. The predicted octanol–water partition coefficient (Wildman–Crippen LogP) is 3.29. The Morgan fingerprint density at radius 3 is 2.68 bits per heavy atom. The third kappa shape index (κ3) is 5.20. The van der Waals surface area contributed by atoms with E-state index in [0.717, 1.165) is 37.1 Å². The number of carboxylic acid groups (broad SMARTS) is 1. The second kappa shape index (κ2) is 8.17. The van der Waals surface area contributed by atoms with Gasteiger partial charge < -0.3 is 15.3 Å². The highest BCUT2D eigenvalue weighted by atomic mass is 79.9. The normalized spacial score (nSPS) is 10.7. The fourth-order valence-electron chi connectivity index (χ4n) is 1.94. The molecule has 0 amide bonds. The summed E-state index contributed by atoms with van der Waals surface area (Å²) in [6.07, 6.45) is 1.13. The van der Waals surface area contributed by atoms with Gasteiger partial charge in [0.25, 0.3) is 0 Å². The third-order valence-corrected chi connectivity index (χ3v) is 3.44. The fraction of sp³-hybridized carbons (Fsp3) is 0.500. The van der Waals surface area contributed by atoms with Crippen LogP contribution in [0.2, 0.25) is 0 Å². The molecule has 4 nitrogen and oxygen atoms in total. The highest BCUT2D eigenvalue weighted by Crippen LogP contribution is 2.21. The van der Waals surface area contributed by atoms with Crippen LogP contribution in [-0.4, -0.2) is 42.2 Å². The maximum absolute atomic E-state index is 11.1. The number of carboxylic acids is 1. The van der Waals surface area contributed by atoms with Gasteiger partial charge in [-0.05, 0) is 37.7 Å². The van der Waals surface area contributed by atoms with Gasteiger partial charge in [-0.3, -0.25) is 0 Å². The Labute approximate surface area is 122 Å². The van der Waals surface area contributed by atoms with Crippen molar-refractivity contribution in [1.29, 1.82) is 0 Å². The largest absolute Gasteiger partial charge is 0.478 e. The second-order valence-corrected chi connectivity index (χ2v) is 5.27. The molecule has 5 heteroatoms. The smallest absolute Gasteiger partial charge is 0.337 e. The Balaban J connectivity index is 2.61. The van der Waals surface area contributed by atoms with Gasteiger partial charge in [-0.1, -0.05) is 29.8 Å². The summed E-state index contributed by atoms with van der Waals surface area (Å²) in [7, 11) is 0. The van der Waals surface area contributed by atoms with Crippen LogP contribution < -0.4 is 5.32 Å². The van der Waals surface area contributed by atoms with Crippen molar-refractivity contribution in [2.45, 2.75) is 20.3 Å². The van der Waals surface area contributed by atoms with Crippen molar-refractivity contribution in [3.63, 3.8) is 0 Å². The molecule has 0 saturated carbocycles. The van der Waals surface area contributed by atoms with Gasteiger partial charge in [-0.15, -0.1) is 0 Å². The highest BCUT2D eigenvalue weighted by Gasteiger charge is 2.10. The van der Waals surface area contributed by atoms with Crippen LogP contribution in [0.4, 0.5) is 5.69 Å². The number of halogens is 1. The molecule has 106 valence electrons. The van der Waals surface area contributed by atoms with E-state index < -0.39 is 5.97 Å². The van der Waals surface area contributed by atoms with Gasteiger partial charge in [-0.25, -0.2) is 4.79 Å². The van der Waals surface area contributed by atoms with Crippen LogP contribution in [-0.2, 0) is 0 Å². The summed E-state index contributed by atoms with van der Waals surface area (Å²) >= 11 is 3.36. The molecule has 0 aliphatic heterocycles. The highest BCUT2D eigenvalue weighted by molar-refractivity contribution is 9.10. The van der Waals surface area contributed by atoms with Crippen molar-refractivity contribution in [1.82, 2.24) is 4.90 Å². The lowest BCUT2D eigenvalue weighted by Gasteiger charge is -2.20. The van der Waals surface area contributed by atoms with E-state index in [4.69, 9.17) is 5.11 Å². The van der Waals surface area contributed by atoms with Crippen LogP contribution in [0.15, 0.2) is 22.7 Å². The molecule has 0 unspecified atom stereocenters. The number of nitrogens with one attached hydrogen (secondary N) is 1. The van der Waals surface area contributed by atoms with Gasteiger partial charge in [-0.2, -0.15) is 0 Å². The van der Waals surface area contributed by atoms with E-state index in [2.05, 4.69) is 40.0 Å². The lowest BCUT2D eigenvalue weighted by atomic mass is 10.2. The van der Waals surface area contributed by atoms with Gasteiger partial charge >= 0.3 is 5.97 Å². The molecule has 0 heterocycles. The fourth-order valence-corrected chi connectivity index (χ4v) is 2.30. The average molecular weight is 329 g/mol. The van der Waals surface area contributed by atoms with Gasteiger partial charge in [0.1, 0.15) is 0 Å². The van der Waals surface area contributed by atoms with Crippen molar-refractivity contribution in [2.75, 3.05) is 31.5 Å². The van der Waals surface area contributed by atoms with Gasteiger partial charge in [0, 0.05) is 23.2 Å². The standard InChI is InChI=1S/C14H21BrN2O2/c1-3-8-17(4-2)9-7-16-13-10-11(15)5-6-12(13)14(18)19/h5-6,10,16H,3-4,7-9H2,1-2H3,(H,18,19). The molecule has 0 spiro atoms. The molecule has 1 aromatic carbocycles. The molecule has 0 saturated heterocycles. The summed E-state index contributed by atoms with van der Waals surface area (Å²) in [5, 5.41) is 12.3. The molecule has 0 aromatic heterocycles. The zero-order chi connectivity index (χ0) is 14.3. The first-order valence-corrected chi connectivity index (χ1v) is 7.36. The molecule has 0 atom stereocenters. The van der Waals surface area contributed by atoms with Crippen molar-refractivity contribution in [3.8, 4) is 0 Å². The molecule has 1 rings (SSSR count). The van der Waals surface area contributed by atoms with Crippen molar-refractivity contribution in [3.05, 3.63) is 28.2 Å². The summed E-state index contributed by atoms with van der Waals surface area (Å²) in [6, 6.07) is 5.15. The summed E-state index contributed by atoms with van der Waals surface area (Å²) in [4.78, 5) is 13.5. The molecule has 0 fully saturated rings. The Hall–Kier alpha value is -1.07. The SMILES string of the molecule is CCCN(CC)CCNc1cc(Br)ccc1C(=O)O. The maximum atomic E-state index is 11.1. The number of carbonyl (C=O) groups is 1. The summed E-state index contributed by atoms with van der Waals surface area (Å²) in [5.74, 6) is -0.907. The molecule has 0 aliphatic rings. The number of benzene rings is 1. The Morgan fingerprint density at radius 2 is 2.11 bits per heavy atom. The number of anilines is 1. The summed E-state index contributed by atoms with van der Waals surface area (Å²) in [5.41, 5.74) is 0.969. The van der Waals surface area contributed by atoms with E-state index in [0.29, 0.717) is 11.3 Å². The lowest BCUT2D eigenvalue weighted by molar-refractivity contribution is 0.0698. The van der Waals surface area contributed by atoms with Crippen molar-refractivity contribution < 1.29 is 9.90 Å². The summed E-state index contributed by atoms with van der Waals surface area (Å²) < 4.78 is 0.876. The van der Waals surface area contributed by atoms with Gasteiger partial charge in [0.05, 0.1) is 5.56 Å². The van der Waals surface area contributed by atoms with Crippen LogP contribution >= 0.6 is 15.9 Å². The first-order valence-electron chi connectivity index (χ1n) is 6.57. The van der Waals surface area contributed by atoms with Crippen molar-refractivity contribution >= 4 is 27.6 Å². The molecule has 0 bridgehead atoms. The van der Waals surface area contributed by atoms with E-state index in [-0.39, 0.29) is 0 Å². The molecular formula is C14H21BrN2O2. The van der Waals surface area contributed by atoms with E-state index in [9.17, 15) is 4.79 Å². The topological polar surface area (TPSA) is 52.6 Å². The van der Waals surface area contributed by atoms with E-state index >= 15 is 0 Å². The minimum atomic E-state index is -0.907. The molecule has 1 aromatic rings. The average Bonchev–Trinajstić information content (AvgIpc) is 2.37. The van der Waals surface area contributed by atoms with E-state index in [1.54, 1.807) is 18.2 Å². The third-order valence-electron chi connectivity index (χ3n) is 2.94. The van der Waals surface area contributed by atoms with Crippen LogP contribution in [0, 0.1) is 0 Å². The zero-order valence-corrected chi connectivity index (χ0v) is 13.0. The molecule has 0 aliphatic carbocycles. The first-order chi connectivity index (χ1) is 9.08. The van der Waals surface area contributed by atoms with Crippen LogP contribution in [0.3, 0.4) is 0 Å². The van der Waals surface area contributed by atoms with Gasteiger partial charge in [0.15, 0.2) is 0 Å². The number of likely N-dealkylation sites (N-methyl/N-ethyl adjacent to an activating group) is 1. The number of aromatic carboxylic acids is 1. The number of rotatable bonds is 8. The molecule has 2 N–H and O–H groups in total. The Bertz CT molecular complexity index is 424. The minimum absolute atomic E-state index is 0.307. The van der Waals surface area contributed by atoms with Crippen molar-refractivity contribution in [2.24, 2.45) is 0 Å². The van der Waals surface area contributed by atoms with E-state index in [1.165, 1.54) is 0 Å². The van der Waals surface area contributed by atoms with Gasteiger partial charge in [0.2, 0.25) is 0 Å². The van der Waals surface area contributed by atoms with Crippen LogP contribution in [0.5, 0.6) is 0 Å². The number of nitrogens with zero attached hydrogens (tertiary/aromatic N) is 1.